The van der Waals surface area contributed by atoms with E-state index in [-0.39, 0.29) is 34.7 Å². The third-order valence-corrected chi connectivity index (χ3v) is 1.20. The fourth-order valence-corrected chi connectivity index (χ4v) is 0.737. The molecule has 0 bridgehead atoms. The summed E-state index contributed by atoms with van der Waals surface area (Å²) in [4.78, 5) is 15.6. The SMILES string of the molecule is C.C.CC(=O)OC(CN=[N+]=[N-])COCN=[N+]=[N-]. The number of carbonyl (C=O) groups is 1. The molecule has 0 saturated heterocycles. The lowest BCUT2D eigenvalue weighted by molar-refractivity contribution is -0.148. The molecular weight excluding hydrogens is 228 g/mol. The van der Waals surface area contributed by atoms with E-state index in [9.17, 15) is 4.79 Å². The molecule has 0 saturated carbocycles. The number of carbonyl (C=O) groups excluding carboxylic acids is 1. The molecule has 98 valence electrons. The number of rotatable bonds is 7. The number of azide groups is 2. The first-order valence-corrected chi connectivity index (χ1v) is 3.97. The highest BCUT2D eigenvalue weighted by atomic mass is 16.6. The van der Waals surface area contributed by atoms with Crippen molar-refractivity contribution < 1.29 is 14.3 Å². The molecule has 0 radical (unpaired) electrons. The highest BCUT2D eigenvalue weighted by Gasteiger charge is 2.10. The van der Waals surface area contributed by atoms with Gasteiger partial charge in [-0.2, -0.15) is 0 Å². The highest BCUT2D eigenvalue weighted by molar-refractivity contribution is 5.66. The zero-order valence-electron chi connectivity index (χ0n) is 8.11. The normalized spacial score (nSPS) is 9.47. The monoisotopic (exact) mass is 246 g/mol. The Kier molecular flexibility index (Phi) is 16.9. The van der Waals surface area contributed by atoms with Crippen LogP contribution in [0.3, 0.4) is 0 Å². The third kappa shape index (κ3) is 14.1. The number of hydrogen-bond acceptors (Lipinski definition) is 5. The molecule has 0 aliphatic heterocycles. The lowest BCUT2D eigenvalue weighted by Gasteiger charge is -2.13. The highest BCUT2D eigenvalue weighted by Crippen LogP contribution is 1.96. The topological polar surface area (TPSA) is 133 Å². The standard InChI is InChI=1S/C6H10N6O3.2CH4/c1-5(13)15-6(2-9-11-7)3-14-4-10-12-8;;/h6H,2-4H2,1H3;2*1H4. The van der Waals surface area contributed by atoms with Gasteiger partial charge in [0.05, 0.1) is 13.2 Å². The van der Waals surface area contributed by atoms with Gasteiger partial charge in [0.1, 0.15) is 12.8 Å². The van der Waals surface area contributed by atoms with Gasteiger partial charge in [0.15, 0.2) is 0 Å². The Morgan fingerprint density at radius 1 is 1.29 bits per heavy atom. The largest absolute Gasteiger partial charge is 0.460 e. The molecule has 1 atom stereocenters. The van der Waals surface area contributed by atoms with Crippen LogP contribution in [-0.2, 0) is 14.3 Å². The molecular formula is C8H18N6O3. The van der Waals surface area contributed by atoms with E-state index < -0.39 is 12.1 Å². The summed E-state index contributed by atoms with van der Waals surface area (Å²) in [5.74, 6) is -0.500. The molecule has 0 fully saturated rings. The van der Waals surface area contributed by atoms with E-state index in [0.717, 1.165) is 0 Å². The second kappa shape index (κ2) is 14.1. The maximum atomic E-state index is 10.6. The van der Waals surface area contributed by atoms with Crippen molar-refractivity contribution in [3.05, 3.63) is 20.9 Å². The van der Waals surface area contributed by atoms with E-state index in [4.69, 9.17) is 20.5 Å². The Morgan fingerprint density at radius 2 is 1.88 bits per heavy atom. The minimum absolute atomic E-state index is 0. The molecule has 9 nitrogen and oxygen atoms in total. The maximum Gasteiger partial charge on any atom is 0.302 e. The summed E-state index contributed by atoms with van der Waals surface area (Å²) in [6.45, 7) is 1.06. The number of ether oxygens (including phenoxy) is 2. The van der Waals surface area contributed by atoms with Crippen LogP contribution >= 0.6 is 0 Å². The summed E-state index contributed by atoms with van der Waals surface area (Å²) in [6.07, 6.45) is -0.660. The molecule has 1 unspecified atom stereocenters. The van der Waals surface area contributed by atoms with Crippen LogP contribution in [0.5, 0.6) is 0 Å². The summed E-state index contributed by atoms with van der Waals surface area (Å²) < 4.78 is 9.62. The van der Waals surface area contributed by atoms with Crippen molar-refractivity contribution in [2.45, 2.75) is 27.9 Å². The van der Waals surface area contributed by atoms with Gasteiger partial charge in [0.25, 0.3) is 0 Å². The molecule has 9 heteroatoms. The summed E-state index contributed by atoms with van der Waals surface area (Å²) in [5, 5.41) is 6.36. The smallest absolute Gasteiger partial charge is 0.302 e. The van der Waals surface area contributed by atoms with Crippen LogP contribution in [0.25, 0.3) is 20.9 Å². The lowest BCUT2D eigenvalue weighted by Crippen LogP contribution is -2.25. The molecule has 0 rings (SSSR count). The molecule has 0 heterocycles. The van der Waals surface area contributed by atoms with Gasteiger partial charge in [-0.05, 0) is 11.1 Å². The van der Waals surface area contributed by atoms with Gasteiger partial charge < -0.3 is 9.47 Å². The first-order chi connectivity index (χ1) is 7.20. The van der Waals surface area contributed by atoms with Gasteiger partial charge in [-0.25, -0.2) is 0 Å². The Morgan fingerprint density at radius 3 is 2.35 bits per heavy atom. The summed E-state index contributed by atoms with van der Waals surface area (Å²) in [7, 11) is 0. The van der Waals surface area contributed by atoms with E-state index >= 15 is 0 Å². The van der Waals surface area contributed by atoms with Gasteiger partial charge in [0, 0.05) is 16.7 Å². The molecule has 0 aliphatic carbocycles. The average Bonchev–Trinajstić information content (AvgIpc) is 2.19. The number of esters is 1. The minimum Gasteiger partial charge on any atom is -0.460 e. The Balaban J connectivity index is -0.000000980. The lowest BCUT2D eigenvalue weighted by atomic mass is 10.4. The fraction of sp³-hybridized carbons (Fsp3) is 0.875. The van der Waals surface area contributed by atoms with E-state index in [0.29, 0.717) is 0 Å². The van der Waals surface area contributed by atoms with Crippen LogP contribution in [0.15, 0.2) is 10.2 Å². The quantitative estimate of drug-likeness (QED) is 0.225. The predicted octanol–water partition coefficient (Wildman–Crippen LogP) is 2.79. The van der Waals surface area contributed by atoms with E-state index in [1.165, 1.54) is 6.92 Å². The zero-order chi connectivity index (χ0) is 11.5. The summed E-state index contributed by atoms with van der Waals surface area (Å²) >= 11 is 0. The van der Waals surface area contributed by atoms with Gasteiger partial charge in [-0.3, -0.25) is 4.79 Å². The second-order valence-corrected chi connectivity index (χ2v) is 2.38. The molecule has 0 aromatic heterocycles. The summed E-state index contributed by atoms with van der Waals surface area (Å²) in [5.41, 5.74) is 16.0. The van der Waals surface area contributed by atoms with Crippen molar-refractivity contribution >= 4 is 5.97 Å². The Labute approximate surface area is 100.0 Å². The summed E-state index contributed by atoms with van der Waals surface area (Å²) in [6, 6.07) is 0. The molecule has 0 aromatic rings. The molecule has 0 amide bonds. The van der Waals surface area contributed by atoms with Crippen LogP contribution in [0.4, 0.5) is 0 Å². The Hall–Kier alpha value is -1.95. The Bertz CT molecular complexity index is 292. The van der Waals surface area contributed by atoms with Crippen LogP contribution in [0, 0.1) is 0 Å². The molecule has 0 aromatic carbocycles. The van der Waals surface area contributed by atoms with Crippen molar-refractivity contribution in [2.24, 2.45) is 10.2 Å². The first kappa shape index (κ1) is 20.5. The molecule has 17 heavy (non-hydrogen) atoms. The van der Waals surface area contributed by atoms with Crippen molar-refractivity contribution in [3.63, 3.8) is 0 Å². The predicted molar refractivity (Wildman–Crippen MR) is 63.0 cm³/mol. The number of hydrogen-bond donors (Lipinski definition) is 0. The number of nitrogens with zero attached hydrogens (tertiary/aromatic N) is 6. The van der Waals surface area contributed by atoms with E-state index in [2.05, 4.69) is 20.1 Å². The minimum atomic E-state index is -0.660. The third-order valence-electron chi connectivity index (χ3n) is 1.20. The van der Waals surface area contributed by atoms with E-state index in [1.54, 1.807) is 0 Å². The van der Waals surface area contributed by atoms with E-state index in [1.807, 2.05) is 0 Å². The van der Waals surface area contributed by atoms with Crippen LogP contribution in [0.2, 0.25) is 0 Å². The average molecular weight is 246 g/mol. The van der Waals surface area contributed by atoms with Crippen molar-refractivity contribution in [2.75, 3.05) is 19.9 Å². The van der Waals surface area contributed by atoms with Crippen LogP contribution < -0.4 is 0 Å². The van der Waals surface area contributed by atoms with Gasteiger partial charge in [0.2, 0.25) is 0 Å². The fourth-order valence-electron chi connectivity index (χ4n) is 0.737. The zero-order valence-corrected chi connectivity index (χ0v) is 8.11. The maximum absolute atomic E-state index is 10.6. The molecule has 0 N–H and O–H groups in total. The van der Waals surface area contributed by atoms with Crippen molar-refractivity contribution in [1.82, 2.24) is 0 Å². The first-order valence-electron chi connectivity index (χ1n) is 3.97. The van der Waals surface area contributed by atoms with Crippen LogP contribution in [0.1, 0.15) is 21.8 Å². The second-order valence-electron chi connectivity index (χ2n) is 2.38. The molecule has 0 aliphatic rings. The van der Waals surface area contributed by atoms with Crippen molar-refractivity contribution in [1.29, 1.82) is 0 Å². The van der Waals surface area contributed by atoms with Gasteiger partial charge in [-0.1, -0.05) is 25.1 Å². The van der Waals surface area contributed by atoms with Gasteiger partial charge >= 0.3 is 5.97 Å². The van der Waals surface area contributed by atoms with Crippen LogP contribution in [-0.4, -0.2) is 32.0 Å². The van der Waals surface area contributed by atoms with Gasteiger partial charge in [-0.15, -0.1) is 0 Å². The van der Waals surface area contributed by atoms with Crippen molar-refractivity contribution in [3.8, 4) is 0 Å². The molecule has 0 spiro atoms.